The fraction of sp³-hybridized carbons (Fsp3) is 0.600. The molecule has 0 bridgehead atoms. The molecule has 0 aromatic rings. The van der Waals surface area contributed by atoms with E-state index in [-0.39, 0.29) is 0 Å². The molecular weight excluding hydrogens is 134 g/mol. The number of likely N-dealkylation sites (tertiary alicyclic amines) is 1. The lowest BCUT2D eigenvalue weighted by Crippen LogP contribution is -2.34. The molecular formula is C10H17N. The number of hydrogen-bond donors (Lipinski definition) is 0. The van der Waals surface area contributed by atoms with Gasteiger partial charge >= 0.3 is 0 Å². The zero-order valence-electron chi connectivity index (χ0n) is 7.29. The molecule has 1 atom stereocenters. The quantitative estimate of drug-likeness (QED) is 0.547. The van der Waals surface area contributed by atoms with Gasteiger partial charge in [0.15, 0.2) is 0 Å². The summed E-state index contributed by atoms with van der Waals surface area (Å²) >= 11 is 0. The third kappa shape index (κ3) is 2.51. The summed E-state index contributed by atoms with van der Waals surface area (Å²) in [5.41, 5.74) is 0. The van der Waals surface area contributed by atoms with Gasteiger partial charge in [0.25, 0.3) is 0 Å². The molecule has 1 nitrogen and oxygen atoms in total. The molecule has 1 fully saturated rings. The minimum atomic E-state index is 0.654. The number of nitrogens with zero attached hydrogens (tertiary/aromatic N) is 1. The molecule has 0 saturated carbocycles. The molecule has 0 radical (unpaired) electrons. The Morgan fingerprint density at radius 2 is 2.27 bits per heavy atom. The lowest BCUT2D eigenvalue weighted by atomic mass is 10.0. The van der Waals surface area contributed by atoms with Gasteiger partial charge in [-0.1, -0.05) is 31.2 Å². The maximum atomic E-state index is 3.66. The molecule has 0 aliphatic carbocycles. The minimum absolute atomic E-state index is 0.654. The molecule has 1 saturated heterocycles. The number of hydrogen-bond acceptors (Lipinski definition) is 1. The van der Waals surface area contributed by atoms with E-state index in [9.17, 15) is 0 Å². The van der Waals surface area contributed by atoms with Crippen LogP contribution in [0.3, 0.4) is 0 Å². The molecule has 1 aliphatic heterocycles. The largest absolute Gasteiger partial charge is 0.300 e. The van der Waals surface area contributed by atoms with Crippen molar-refractivity contribution >= 4 is 0 Å². The van der Waals surface area contributed by atoms with E-state index in [0.29, 0.717) is 6.04 Å². The molecule has 0 unspecified atom stereocenters. The van der Waals surface area contributed by atoms with Crippen LogP contribution in [0.25, 0.3) is 0 Å². The molecule has 62 valence electrons. The highest BCUT2D eigenvalue weighted by atomic mass is 15.1. The van der Waals surface area contributed by atoms with Crippen molar-refractivity contribution in [2.24, 2.45) is 0 Å². The van der Waals surface area contributed by atoms with E-state index >= 15 is 0 Å². The summed E-state index contributed by atoms with van der Waals surface area (Å²) in [5.74, 6) is 0. The Bertz CT molecular complexity index is 149. The topological polar surface area (TPSA) is 3.24 Å². The number of likely N-dealkylation sites (N-methyl/N-ethyl adjacent to an activating group) is 1. The van der Waals surface area contributed by atoms with Gasteiger partial charge in [-0.3, -0.25) is 4.90 Å². The third-order valence-electron chi connectivity index (χ3n) is 2.30. The zero-order valence-corrected chi connectivity index (χ0v) is 7.29. The zero-order chi connectivity index (χ0) is 8.10. The van der Waals surface area contributed by atoms with Gasteiger partial charge in [0, 0.05) is 6.04 Å². The van der Waals surface area contributed by atoms with E-state index in [0.717, 1.165) is 0 Å². The maximum Gasteiger partial charge on any atom is 0.0278 e. The van der Waals surface area contributed by atoms with E-state index in [4.69, 9.17) is 0 Å². The molecule has 0 aromatic carbocycles. The van der Waals surface area contributed by atoms with Crippen molar-refractivity contribution in [1.29, 1.82) is 0 Å². The fourth-order valence-corrected chi connectivity index (χ4v) is 1.55. The molecule has 1 rings (SSSR count). The molecule has 1 heteroatoms. The lowest BCUT2D eigenvalue weighted by molar-refractivity contribution is 0.222. The molecule has 1 heterocycles. The summed E-state index contributed by atoms with van der Waals surface area (Å²) in [7, 11) is 2.19. The van der Waals surface area contributed by atoms with Crippen LogP contribution < -0.4 is 0 Å². The van der Waals surface area contributed by atoms with Gasteiger partial charge in [-0.25, -0.2) is 0 Å². The Balaban J connectivity index is 2.41. The minimum Gasteiger partial charge on any atom is -0.300 e. The van der Waals surface area contributed by atoms with Crippen LogP contribution >= 0.6 is 0 Å². The normalized spacial score (nSPS) is 27.5. The van der Waals surface area contributed by atoms with Crippen LogP contribution in [-0.4, -0.2) is 24.5 Å². The van der Waals surface area contributed by atoms with Gasteiger partial charge in [-0.15, -0.1) is 0 Å². The Hall–Kier alpha value is -0.560. The van der Waals surface area contributed by atoms with Crippen LogP contribution in [0, 0.1) is 0 Å². The smallest absolute Gasteiger partial charge is 0.0278 e. The summed E-state index contributed by atoms with van der Waals surface area (Å²) in [6, 6.07) is 0.654. The fourth-order valence-electron chi connectivity index (χ4n) is 1.55. The van der Waals surface area contributed by atoms with Gasteiger partial charge < -0.3 is 0 Å². The van der Waals surface area contributed by atoms with E-state index < -0.39 is 0 Å². The summed E-state index contributed by atoms with van der Waals surface area (Å²) in [5, 5.41) is 0. The predicted molar refractivity (Wildman–Crippen MR) is 49.6 cm³/mol. The summed E-state index contributed by atoms with van der Waals surface area (Å²) < 4.78 is 0. The molecule has 0 aromatic heterocycles. The first-order valence-electron chi connectivity index (χ1n) is 4.34. The number of allylic oxidation sites excluding steroid dienone is 2. The Kier molecular flexibility index (Phi) is 3.37. The van der Waals surface area contributed by atoms with Gasteiger partial charge in [0.2, 0.25) is 0 Å². The molecule has 0 N–H and O–H groups in total. The van der Waals surface area contributed by atoms with Crippen molar-refractivity contribution in [2.45, 2.75) is 25.3 Å². The van der Waals surface area contributed by atoms with Crippen molar-refractivity contribution in [1.82, 2.24) is 4.90 Å². The van der Waals surface area contributed by atoms with Crippen molar-refractivity contribution in [3.05, 3.63) is 24.8 Å². The SMILES string of the molecule is C=C/C=C/[C@H]1CCCCN1C. The first-order chi connectivity index (χ1) is 5.34. The van der Waals surface area contributed by atoms with Crippen molar-refractivity contribution < 1.29 is 0 Å². The highest BCUT2D eigenvalue weighted by Gasteiger charge is 2.14. The van der Waals surface area contributed by atoms with Crippen LogP contribution in [0.2, 0.25) is 0 Å². The van der Waals surface area contributed by atoms with Gasteiger partial charge in [0.1, 0.15) is 0 Å². The van der Waals surface area contributed by atoms with E-state index in [1.165, 1.54) is 25.8 Å². The molecule has 1 aliphatic rings. The lowest BCUT2D eigenvalue weighted by Gasteiger charge is -2.29. The molecule has 0 spiro atoms. The van der Waals surface area contributed by atoms with Gasteiger partial charge in [0.05, 0.1) is 0 Å². The average molecular weight is 151 g/mol. The van der Waals surface area contributed by atoms with Crippen molar-refractivity contribution in [3.8, 4) is 0 Å². The Morgan fingerprint density at radius 1 is 1.45 bits per heavy atom. The summed E-state index contributed by atoms with van der Waals surface area (Å²) in [6.45, 7) is 4.91. The summed E-state index contributed by atoms with van der Waals surface area (Å²) in [4.78, 5) is 2.41. The second-order valence-electron chi connectivity index (χ2n) is 3.16. The Morgan fingerprint density at radius 3 is 2.91 bits per heavy atom. The van der Waals surface area contributed by atoms with Crippen LogP contribution in [0.1, 0.15) is 19.3 Å². The van der Waals surface area contributed by atoms with Gasteiger partial charge in [-0.2, -0.15) is 0 Å². The Labute approximate surface area is 69.4 Å². The van der Waals surface area contributed by atoms with Crippen LogP contribution in [-0.2, 0) is 0 Å². The van der Waals surface area contributed by atoms with E-state index in [1.54, 1.807) is 0 Å². The summed E-state index contributed by atoms with van der Waals surface area (Å²) in [6.07, 6.45) is 10.2. The third-order valence-corrected chi connectivity index (χ3v) is 2.30. The predicted octanol–water partition coefficient (Wildman–Crippen LogP) is 2.21. The highest BCUT2D eigenvalue weighted by Crippen LogP contribution is 2.15. The van der Waals surface area contributed by atoms with E-state index in [2.05, 4.69) is 24.6 Å². The number of piperidine rings is 1. The average Bonchev–Trinajstić information content (AvgIpc) is 2.03. The van der Waals surface area contributed by atoms with Crippen LogP contribution in [0.4, 0.5) is 0 Å². The molecule has 11 heavy (non-hydrogen) atoms. The van der Waals surface area contributed by atoms with Crippen LogP contribution in [0.5, 0.6) is 0 Å². The maximum absolute atomic E-state index is 3.66. The van der Waals surface area contributed by atoms with Gasteiger partial charge in [-0.05, 0) is 26.4 Å². The second-order valence-corrected chi connectivity index (χ2v) is 3.16. The van der Waals surface area contributed by atoms with Crippen LogP contribution in [0.15, 0.2) is 24.8 Å². The van der Waals surface area contributed by atoms with E-state index in [1.807, 2.05) is 12.2 Å². The molecule has 0 amide bonds. The highest BCUT2D eigenvalue weighted by molar-refractivity contribution is 5.03. The second kappa shape index (κ2) is 4.35. The standard InChI is InChI=1S/C10H17N/c1-3-4-7-10-8-5-6-9-11(10)2/h3-4,7,10H,1,5-6,8-9H2,2H3/b7-4+/t10-/m0/s1. The first-order valence-corrected chi connectivity index (χ1v) is 4.34. The van der Waals surface area contributed by atoms with Crippen molar-refractivity contribution in [3.63, 3.8) is 0 Å². The first kappa shape index (κ1) is 8.54. The monoisotopic (exact) mass is 151 g/mol. The number of rotatable bonds is 2. The van der Waals surface area contributed by atoms with Crippen molar-refractivity contribution in [2.75, 3.05) is 13.6 Å².